The smallest absolute Gasteiger partial charge is 0.220 e. The van der Waals surface area contributed by atoms with Gasteiger partial charge in [0.15, 0.2) is 0 Å². The van der Waals surface area contributed by atoms with Gasteiger partial charge in [-0.15, -0.1) is 0 Å². The molecular formula is C19H37N3O7. The first-order valence-corrected chi connectivity index (χ1v) is 9.95. The highest BCUT2D eigenvalue weighted by atomic mass is 16.4. The minimum absolute atomic E-state index is 0.00761. The van der Waals surface area contributed by atoms with Crippen molar-refractivity contribution in [3.8, 4) is 0 Å². The largest absolute Gasteiger partial charge is 0.394 e. The van der Waals surface area contributed by atoms with Crippen molar-refractivity contribution in [3.63, 3.8) is 0 Å². The molecule has 0 spiro atoms. The van der Waals surface area contributed by atoms with Gasteiger partial charge in [0.2, 0.25) is 11.8 Å². The lowest BCUT2D eigenvalue weighted by atomic mass is 9.79. The summed E-state index contributed by atoms with van der Waals surface area (Å²) in [5.74, 6) is -0.727. The van der Waals surface area contributed by atoms with E-state index < -0.39 is 36.9 Å². The summed E-state index contributed by atoms with van der Waals surface area (Å²) in [6.07, 6.45) is -5.19. The monoisotopic (exact) mass is 419 g/mol. The van der Waals surface area contributed by atoms with Gasteiger partial charge in [0, 0.05) is 36.5 Å². The number of nitrogens with one attached hydrogen (secondary N) is 3. The van der Waals surface area contributed by atoms with E-state index in [9.17, 15) is 30.0 Å². The maximum Gasteiger partial charge on any atom is 0.220 e. The fraction of sp³-hybridized carbons (Fsp3) is 0.895. The zero-order valence-corrected chi connectivity index (χ0v) is 17.7. The molecule has 170 valence electrons. The summed E-state index contributed by atoms with van der Waals surface area (Å²) in [4.78, 5) is 24.1. The Bertz CT molecular complexity index is 540. The van der Waals surface area contributed by atoms with Gasteiger partial charge < -0.3 is 41.5 Å². The standard InChI is InChI=1S/C19H37N3O7/c1-18(2)7-11(8-19(3,4)22-18)21-15(27)6-5-14(26)20-9-12(24)16(28)17(29)13(25)10-23/h11-13,16-17,22-25,28-29H,5-10H2,1-4H3,(H,20,26)(H,21,27). The number of amides is 2. The van der Waals surface area contributed by atoms with E-state index in [0.29, 0.717) is 0 Å². The van der Waals surface area contributed by atoms with Gasteiger partial charge in [0.25, 0.3) is 0 Å². The zero-order valence-electron chi connectivity index (χ0n) is 17.7. The molecule has 1 heterocycles. The van der Waals surface area contributed by atoms with Crippen LogP contribution in [0.4, 0.5) is 0 Å². The third-order valence-electron chi connectivity index (χ3n) is 4.97. The number of rotatable bonds is 10. The zero-order chi connectivity index (χ0) is 22.4. The Morgan fingerprint density at radius 2 is 1.41 bits per heavy atom. The van der Waals surface area contributed by atoms with Gasteiger partial charge in [-0.05, 0) is 40.5 Å². The SMILES string of the molecule is CC1(C)CC(NC(=O)CCC(=O)NCC(O)C(O)C(O)C(O)CO)CC(C)(C)N1. The molecule has 2 amide bonds. The lowest BCUT2D eigenvalue weighted by molar-refractivity contribution is -0.129. The number of hydrogen-bond acceptors (Lipinski definition) is 8. The lowest BCUT2D eigenvalue weighted by Gasteiger charge is -2.46. The van der Waals surface area contributed by atoms with E-state index in [2.05, 4.69) is 43.6 Å². The van der Waals surface area contributed by atoms with Crippen LogP contribution in [0.25, 0.3) is 0 Å². The third kappa shape index (κ3) is 8.93. The molecule has 29 heavy (non-hydrogen) atoms. The van der Waals surface area contributed by atoms with Crippen LogP contribution in [0.1, 0.15) is 53.4 Å². The second-order valence-electron chi connectivity index (χ2n) is 9.17. The molecule has 4 atom stereocenters. The summed E-state index contributed by atoms with van der Waals surface area (Å²) in [5.41, 5.74) is -0.218. The van der Waals surface area contributed by atoms with E-state index in [1.165, 1.54) is 0 Å². The van der Waals surface area contributed by atoms with Crippen molar-refractivity contribution < 1.29 is 35.1 Å². The summed E-state index contributed by atoms with van der Waals surface area (Å²) in [7, 11) is 0. The molecule has 0 aromatic carbocycles. The Hall–Kier alpha value is -1.30. The quantitative estimate of drug-likeness (QED) is 0.196. The second kappa shape index (κ2) is 10.6. The van der Waals surface area contributed by atoms with Gasteiger partial charge in [-0.1, -0.05) is 0 Å². The molecule has 0 saturated carbocycles. The topological polar surface area (TPSA) is 171 Å². The first-order chi connectivity index (χ1) is 13.3. The fourth-order valence-corrected chi connectivity index (χ4v) is 3.94. The molecule has 1 saturated heterocycles. The van der Waals surface area contributed by atoms with E-state index in [1.54, 1.807) is 0 Å². The number of aliphatic hydroxyl groups is 5. The molecule has 1 rings (SSSR count). The second-order valence-corrected chi connectivity index (χ2v) is 9.17. The van der Waals surface area contributed by atoms with Crippen molar-refractivity contribution in [1.29, 1.82) is 0 Å². The predicted octanol–water partition coefficient (Wildman–Crippen LogP) is -2.26. The third-order valence-corrected chi connectivity index (χ3v) is 4.97. The molecule has 10 heteroatoms. The molecule has 1 aliphatic rings. The minimum atomic E-state index is -1.75. The van der Waals surface area contributed by atoms with Crippen LogP contribution in [-0.4, -0.2) is 92.0 Å². The Kier molecular flexibility index (Phi) is 9.45. The Labute approximate surface area is 171 Å². The fourth-order valence-electron chi connectivity index (χ4n) is 3.94. The van der Waals surface area contributed by atoms with E-state index in [4.69, 9.17) is 5.11 Å². The molecule has 0 bridgehead atoms. The van der Waals surface area contributed by atoms with Gasteiger partial charge in [0.1, 0.15) is 18.3 Å². The summed E-state index contributed by atoms with van der Waals surface area (Å²) < 4.78 is 0. The molecule has 1 fully saturated rings. The van der Waals surface area contributed by atoms with Crippen molar-refractivity contribution in [2.24, 2.45) is 0 Å². The summed E-state index contributed by atoms with van der Waals surface area (Å²) >= 11 is 0. The molecule has 0 radical (unpaired) electrons. The van der Waals surface area contributed by atoms with Crippen molar-refractivity contribution in [1.82, 2.24) is 16.0 Å². The summed E-state index contributed by atoms with van der Waals surface area (Å²) in [5, 5.41) is 55.9. The molecule has 0 aromatic rings. The van der Waals surface area contributed by atoms with E-state index in [1.807, 2.05) is 0 Å². The van der Waals surface area contributed by atoms with Gasteiger partial charge >= 0.3 is 0 Å². The molecule has 4 unspecified atom stereocenters. The molecular weight excluding hydrogens is 382 g/mol. The van der Waals surface area contributed by atoms with Crippen molar-refractivity contribution in [3.05, 3.63) is 0 Å². The average molecular weight is 420 g/mol. The van der Waals surface area contributed by atoms with Crippen LogP contribution in [0, 0.1) is 0 Å². The van der Waals surface area contributed by atoms with Crippen LogP contribution < -0.4 is 16.0 Å². The van der Waals surface area contributed by atoms with E-state index in [0.717, 1.165) is 12.8 Å². The predicted molar refractivity (Wildman–Crippen MR) is 106 cm³/mol. The van der Waals surface area contributed by atoms with Crippen LogP contribution in [0.5, 0.6) is 0 Å². The highest BCUT2D eigenvalue weighted by Gasteiger charge is 2.38. The van der Waals surface area contributed by atoms with Crippen LogP contribution in [0.2, 0.25) is 0 Å². The molecule has 1 aliphatic heterocycles. The van der Waals surface area contributed by atoms with E-state index >= 15 is 0 Å². The van der Waals surface area contributed by atoms with Crippen molar-refractivity contribution in [2.75, 3.05) is 13.2 Å². The van der Waals surface area contributed by atoms with Gasteiger partial charge in [-0.2, -0.15) is 0 Å². The average Bonchev–Trinajstić information content (AvgIpc) is 2.59. The highest BCUT2D eigenvalue weighted by Crippen LogP contribution is 2.28. The molecule has 8 N–H and O–H groups in total. The van der Waals surface area contributed by atoms with Crippen molar-refractivity contribution >= 4 is 11.8 Å². The molecule has 0 aliphatic carbocycles. The normalized spacial score (nSPS) is 22.9. The first kappa shape index (κ1) is 25.7. The van der Waals surface area contributed by atoms with E-state index in [-0.39, 0.29) is 42.4 Å². The van der Waals surface area contributed by atoms with Gasteiger partial charge in [0.05, 0.1) is 12.7 Å². The Morgan fingerprint density at radius 1 is 0.931 bits per heavy atom. The molecule has 10 nitrogen and oxygen atoms in total. The van der Waals surface area contributed by atoms with Crippen LogP contribution in [-0.2, 0) is 9.59 Å². The number of carbonyl (C=O) groups excluding carboxylic acids is 2. The van der Waals surface area contributed by atoms with Crippen LogP contribution in [0.15, 0.2) is 0 Å². The number of aliphatic hydroxyl groups excluding tert-OH is 5. The number of carbonyl (C=O) groups is 2. The number of piperidine rings is 1. The van der Waals surface area contributed by atoms with Crippen LogP contribution in [0.3, 0.4) is 0 Å². The number of hydrogen-bond donors (Lipinski definition) is 8. The summed E-state index contributed by atoms with van der Waals surface area (Å²) in [6, 6.07) is 0.00761. The molecule has 0 aromatic heterocycles. The Morgan fingerprint density at radius 3 is 1.93 bits per heavy atom. The lowest BCUT2D eigenvalue weighted by Crippen LogP contribution is -2.62. The van der Waals surface area contributed by atoms with Crippen LogP contribution >= 0.6 is 0 Å². The maximum absolute atomic E-state index is 12.2. The van der Waals surface area contributed by atoms with Gasteiger partial charge in [-0.3, -0.25) is 9.59 Å². The summed E-state index contributed by atoms with van der Waals surface area (Å²) in [6.45, 7) is 7.17. The Balaban J connectivity index is 2.36. The maximum atomic E-state index is 12.2. The van der Waals surface area contributed by atoms with Crippen molar-refractivity contribution in [2.45, 2.75) is 94.9 Å². The minimum Gasteiger partial charge on any atom is -0.394 e. The first-order valence-electron chi connectivity index (χ1n) is 9.95. The highest BCUT2D eigenvalue weighted by molar-refractivity contribution is 5.83. The van der Waals surface area contributed by atoms with Gasteiger partial charge in [-0.25, -0.2) is 0 Å².